The molecular formula is C12H21BrN4O2. The van der Waals surface area contributed by atoms with Crippen LogP contribution in [0.25, 0.3) is 0 Å². The minimum absolute atomic E-state index is 0.112. The minimum atomic E-state index is -0.112. The number of anilines is 1. The third-order valence-corrected chi connectivity index (χ3v) is 3.35. The Bertz CT molecular complexity index is 448. The lowest BCUT2D eigenvalue weighted by Gasteiger charge is -2.12. The Morgan fingerprint density at radius 1 is 1.53 bits per heavy atom. The second-order valence-electron chi connectivity index (χ2n) is 4.48. The Kier molecular flexibility index (Phi) is 7.04. The number of likely N-dealkylation sites (N-methyl/N-ethyl adjacent to an activating group) is 1. The summed E-state index contributed by atoms with van der Waals surface area (Å²) in [4.78, 5) is 14.1. The van der Waals surface area contributed by atoms with Gasteiger partial charge in [0.15, 0.2) is 0 Å². The van der Waals surface area contributed by atoms with Crippen molar-refractivity contribution in [1.29, 1.82) is 0 Å². The molecule has 6 nitrogen and oxygen atoms in total. The van der Waals surface area contributed by atoms with E-state index in [2.05, 4.69) is 26.3 Å². The van der Waals surface area contributed by atoms with Gasteiger partial charge in [-0.25, -0.2) is 4.68 Å². The lowest BCUT2D eigenvalue weighted by atomic mass is 10.4. The summed E-state index contributed by atoms with van der Waals surface area (Å²) >= 11 is 3.33. The van der Waals surface area contributed by atoms with Crippen molar-refractivity contribution in [3.63, 3.8) is 0 Å². The smallest absolute Gasteiger partial charge is 0.283 e. The third-order valence-electron chi connectivity index (χ3n) is 2.58. The first-order valence-electron chi connectivity index (χ1n) is 6.19. The molecule has 0 aliphatic heterocycles. The van der Waals surface area contributed by atoms with E-state index < -0.39 is 0 Å². The first-order chi connectivity index (χ1) is 9.06. The zero-order valence-corrected chi connectivity index (χ0v) is 13.2. The molecule has 0 aliphatic rings. The van der Waals surface area contributed by atoms with E-state index in [-0.39, 0.29) is 5.56 Å². The highest BCUT2D eigenvalue weighted by Gasteiger charge is 2.08. The minimum Gasteiger partial charge on any atom is -0.385 e. The van der Waals surface area contributed by atoms with E-state index in [4.69, 9.17) is 4.74 Å². The number of hydrogen-bond donors (Lipinski definition) is 1. The summed E-state index contributed by atoms with van der Waals surface area (Å²) < 4.78 is 6.96. The van der Waals surface area contributed by atoms with Crippen LogP contribution in [-0.2, 0) is 11.3 Å². The van der Waals surface area contributed by atoms with Crippen LogP contribution in [0.1, 0.15) is 6.42 Å². The molecule has 0 amide bonds. The van der Waals surface area contributed by atoms with Gasteiger partial charge in [-0.2, -0.15) is 5.10 Å². The average molecular weight is 333 g/mol. The molecule has 108 valence electrons. The van der Waals surface area contributed by atoms with Gasteiger partial charge in [0.1, 0.15) is 4.47 Å². The fourth-order valence-electron chi connectivity index (χ4n) is 1.48. The third kappa shape index (κ3) is 5.30. The SMILES string of the molecule is COCCCNc1cnn(CCN(C)C)c(=O)c1Br. The molecule has 1 N–H and O–H groups in total. The van der Waals surface area contributed by atoms with Gasteiger partial charge in [0, 0.05) is 26.8 Å². The maximum Gasteiger partial charge on any atom is 0.283 e. The highest BCUT2D eigenvalue weighted by Crippen LogP contribution is 2.15. The van der Waals surface area contributed by atoms with Crippen molar-refractivity contribution in [2.45, 2.75) is 13.0 Å². The zero-order chi connectivity index (χ0) is 14.3. The molecule has 0 saturated heterocycles. The molecule has 1 heterocycles. The molecule has 19 heavy (non-hydrogen) atoms. The van der Waals surface area contributed by atoms with Crippen molar-refractivity contribution < 1.29 is 4.74 Å². The van der Waals surface area contributed by atoms with Gasteiger partial charge in [-0.1, -0.05) is 0 Å². The summed E-state index contributed by atoms with van der Waals surface area (Å²) in [5.74, 6) is 0. The molecule has 0 spiro atoms. The van der Waals surface area contributed by atoms with Crippen molar-refractivity contribution in [3.05, 3.63) is 21.0 Å². The summed E-state index contributed by atoms with van der Waals surface area (Å²) in [6.45, 7) is 2.79. The first-order valence-corrected chi connectivity index (χ1v) is 6.98. The van der Waals surface area contributed by atoms with Crippen molar-refractivity contribution in [2.75, 3.05) is 46.2 Å². The molecule has 0 atom stereocenters. The van der Waals surface area contributed by atoms with Crippen molar-refractivity contribution in [3.8, 4) is 0 Å². The fourth-order valence-corrected chi connectivity index (χ4v) is 1.93. The van der Waals surface area contributed by atoms with Crippen LogP contribution in [0, 0.1) is 0 Å². The van der Waals surface area contributed by atoms with Crippen molar-refractivity contribution >= 4 is 21.6 Å². The molecule has 0 saturated carbocycles. The predicted molar refractivity (Wildman–Crippen MR) is 79.7 cm³/mol. The number of rotatable bonds is 8. The number of nitrogens with one attached hydrogen (secondary N) is 1. The normalized spacial score (nSPS) is 11.0. The predicted octanol–water partition coefficient (Wildman–Crippen LogP) is 1.02. The summed E-state index contributed by atoms with van der Waals surface area (Å²) in [6, 6.07) is 0. The van der Waals surface area contributed by atoms with E-state index in [0.29, 0.717) is 17.6 Å². The van der Waals surface area contributed by atoms with Crippen molar-refractivity contribution in [1.82, 2.24) is 14.7 Å². The number of methoxy groups -OCH3 is 1. The molecule has 7 heteroatoms. The second kappa shape index (κ2) is 8.29. The molecular weight excluding hydrogens is 312 g/mol. The monoisotopic (exact) mass is 332 g/mol. The topological polar surface area (TPSA) is 59.4 Å². The lowest BCUT2D eigenvalue weighted by Crippen LogP contribution is -2.29. The number of halogens is 1. The number of aromatic nitrogens is 2. The number of hydrogen-bond acceptors (Lipinski definition) is 5. The quantitative estimate of drug-likeness (QED) is 0.720. The molecule has 1 rings (SSSR count). The van der Waals surface area contributed by atoms with Gasteiger partial charge < -0.3 is 15.0 Å². The Morgan fingerprint density at radius 2 is 2.26 bits per heavy atom. The zero-order valence-electron chi connectivity index (χ0n) is 11.6. The van der Waals surface area contributed by atoms with E-state index >= 15 is 0 Å². The Balaban J connectivity index is 2.66. The molecule has 0 aromatic carbocycles. The van der Waals surface area contributed by atoms with Crippen LogP contribution in [0.2, 0.25) is 0 Å². The van der Waals surface area contributed by atoms with Crippen LogP contribution < -0.4 is 10.9 Å². The summed E-state index contributed by atoms with van der Waals surface area (Å²) in [7, 11) is 5.60. The van der Waals surface area contributed by atoms with Crippen LogP contribution in [0.4, 0.5) is 5.69 Å². The van der Waals surface area contributed by atoms with Gasteiger partial charge in [-0.15, -0.1) is 0 Å². The van der Waals surface area contributed by atoms with Gasteiger partial charge in [0.05, 0.1) is 18.4 Å². The van der Waals surface area contributed by atoms with Crippen LogP contribution in [0.15, 0.2) is 15.5 Å². The van der Waals surface area contributed by atoms with Gasteiger partial charge in [0.2, 0.25) is 0 Å². The van der Waals surface area contributed by atoms with Crippen LogP contribution in [0.3, 0.4) is 0 Å². The van der Waals surface area contributed by atoms with E-state index in [1.807, 2.05) is 19.0 Å². The van der Waals surface area contributed by atoms with E-state index in [1.165, 1.54) is 4.68 Å². The Labute approximate surface area is 121 Å². The first kappa shape index (κ1) is 16.1. The summed E-state index contributed by atoms with van der Waals surface area (Å²) in [6.07, 6.45) is 2.56. The standard InChI is InChI=1S/C12H21BrN4O2/c1-16(2)6-7-17-12(18)11(13)10(9-15-17)14-5-4-8-19-3/h9,14H,4-8H2,1-3H3. The largest absolute Gasteiger partial charge is 0.385 e. The van der Waals surface area contributed by atoms with Crippen LogP contribution in [-0.4, -0.2) is 55.6 Å². The molecule has 0 fully saturated rings. The van der Waals surface area contributed by atoms with Crippen LogP contribution >= 0.6 is 15.9 Å². The summed E-state index contributed by atoms with van der Waals surface area (Å²) in [5.41, 5.74) is 0.612. The van der Waals surface area contributed by atoms with Gasteiger partial charge in [-0.3, -0.25) is 4.79 Å². The number of ether oxygens (including phenoxy) is 1. The summed E-state index contributed by atoms with van der Waals surface area (Å²) in [5, 5.41) is 7.33. The Morgan fingerprint density at radius 3 is 2.89 bits per heavy atom. The molecule has 1 aromatic rings. The van der Waals surface area contributed by atoms with E-state index in [9.17, 15) is 4.79 Å². The highest BCUT2D eigenvalue weighted by molar-refractivity contribution is 9.10. The highest BCUT2D eigenvalue weighted by atomic mass is 79.9. The molecule has 0 unspecified atom stereocenters. The molecule has 0 radical (unpaired) electrons. The average Bonchev–Trinajstić information content (AvgIpc) is 2.38. The number of nitrogens with zero attached hydrogens (tertiary/aromatic N) is 3. The lowest BCUT2D eigenvalue weighted by molar-refractivity contribution is 0.198. The Hall–Kier alpha value is -0.920. The second-order valence-corrected chi connectivity index (χ2v) is 5.27. The maximum atomic E-state index is 12.1. The van der Waals surface area contributed by atoms with E-state index in [1.54, 1.807) is 13.3 Å². The molecule has 0 bridgehead atoms. The van der Waals surface area contributed by atoms with Gasteiger partial charge >= 0.3 is 0 Å². The van der Waals surface area contributed by atoms with Gasteiger partial charge in [-0.05, 0) is 36.4 Å². The maximum absolute atomic E-state index is 12.1. The fraction of sp³-hybridized carbons (Fsp3) is 0.667. The molecule has 0 aliphatic carbocycles. The molecule has 1 aromatic heterocycles. The van der Waals surface area contributed by atoms with Crippen LogP contribution in [0.5, 0.6) is 0 Å². The van der Waals surface area contributed by atoms with Crippen molar-refractivity contribution in [2.24, 2.45) is 0 Å². The van der Waals surface area contributed by atoms with E-state index in [0.717, 1.165) is 25.2 Å². The van der Waals surface area contributed by atoms with Gasteiger partial charge in [0.25, 0.3) is 5.56 Å².